The lowest BCUT2D eigenvalue weighted by atomic mass is 9.98. The lowest BCUT2D eigenvalue weighted by molar-refractivity contribution is -0.138. The Hall–Kier alpha value is -1.90. The molecule has 1 amide bonds. The summed E-state index contributed by atoms with van der Waals surface area (Å²) in [5.41, 5.74) is 1.58. The van der Waals surface area contributed by atoms with Crippen LogP contribution in [0.2, 0.25) is 10.0 Å². The van der Waals surface area contributed by atoms with E-state index in [0.29, 0.717) is 48.1 Å². The summed E-state index contributed by atoms with van der Waals surface area (Å²) in [6.45, 7) is 4.41. The standard InChI is InChI=1S/C26H31Cl2N3O3S/c27-24-11-4-12-25(28)23(24)20-35(33,34)31-14-6-10-22(19-31)26(32)30-17-15-29(16-18-30)13-5-9-21-7-2-1-3-8-21/h1-5,7-9,11-12,22H,6,10,13-20H2/b9-5+/t22-/m0/s1. The van der Waals surface area contributed by atoms with Crippen LogP contribution < -0.4 is 0 Å². The lowest BCUT2D eigenvalue weighted by Crippen LogP contribution is -2.53. The molecule has 4 rings (SSSR count). The second-order valence-corrected chi connectivity index (χ2v) is 11.9. The Morgan fingerprint density at radius 1 is 0.943 bits per heavy atom. The number of piperazine rings is 1. The Morgan fingerprint density at radius 3 is 2.31 bits per heavy atom. The van der Waals surface area contributed by atoms with Crippen LogP contribution in [0.15, 0.2) is 54.6 Å². The molecule has 2 fully saturated rings. The van der Waals surface area contributed by atoms with Crippen molar-refractivity contribution in [3.8, 4) is 0 Å². The van der Waals surface area contributed by atoms with Crippen LogP contribution in [0.4, 0.5) is 0 Å². The van der Waals surface area contributed by atoms with E-state index in [9.17, 15) is 13.2 Å². The van der Waals surface area contributed by atoms with Gasteiger partial charge in [-0.15, -0.1) is 0 Å². The second-order valence-electron chi connectivity index (χ2n) is 9.09. The number of sulfonamides is 1. The summed E-state index contributed by atoms with van der Waals surface area (Å²) in [6.07, 6.45) is 5.64. The maximum Gasteiger partial charge on any atom is 0.227 e. The van der Waals surface area contributed by atoms with Gasteiger partial charge in [0.2, 0.25) is 15.9 Å². The van der Waals surface area contributed by atoms with E-state index in [1.165, 1.54) is 9.87 Å². The Morgan fingerprint density at radius 2 is 1.63 bits per heavy atom. The number of carbonyl (C=O) groups is 1. The predicted octanol–water partition coefficient (Wildman–Crippen LogP) is 4.39. The Bertz CT molecular complexity index is 1130. The molecule has 0 radical (unpaired) electrons. The molecule has 9 heteroatoms. The van der Waals surface area contributed by atoms with Crippen LogP contribution >= 0.6 is 23.2 Å². The minimum Gasteiger partial charge on any atom is -0.340 e. The highest BCUT2D eigenvalue weighted by Gasteiger charge is 2.35. The average Bonchev–Trinajstić information content (AvgIpc) is 2.87. The second kappa shape index (κ2) is 11.9. The highest BCUT2D eigenvalue weighted by Crippen LogP contribution is 2.29. The number of hydrogen-bond donors (Lipinski definition) is 0. The molecule has 188 valence electrons. The third-order valence-corrected chi connectivity index (χ3v) is 9.15. The monoisotopic (exact) mass is 535 g/mol. The summed E-state index contributed by atoms with van der Waals surface area (Å²) < 4.78 is 27.7. The number of piperidine rings is 1. The summed E-state index contributed by atoms with van der Waals surface area (Å²) >= 11 is 12.4. The van der Waals surface area contributed by atoms with Crippen LogP contribution in [0, 0.1) is 5.92 Å². The summed E-state index contributed by atoms with van der Waals surface area (Å²) in [7, 11) is -3.64. The first-order valence-electron chi connectivity index (χ1n) is 12.0. The number of carbonyl (C=O) groups excluding carboxylic acids is 1. The number of rotatable bonds is 7. The molecule has 6 nitrogen and oxygen atoms in total. The van der Waals surface area contributed by atoms with E-state index in [-0.39, 0.29) is 24.1 Å². The lowest BCUT2D eigenvalue weighted by Gasteiger charge is -2.38. The molecule has 2 heterocycles. The molecule has 2 saturated heterocycles. The third kappa shape index (κ3) is 6.86. The van der Waals surface area contributed by atoms with Gasteiger partial charge in [0.15, 0.2) is 0 Å². The zero-order valence-electron chi connectivity index (χ0n) is 19.7. The van der Waals surface area contributed by atoms with E-state index in [0.717, 1.165) is 19.6 Å². The largest absolute Gasteiger partial charge is 0.340 e. The summed E-state index contributed by atoms with van der Waals surface area (Å²) in [5.74, 6) is -0.522. The molecular formula is C26H31Cl2N3O3S. The molecule has 0 N–H and O–H groups in total. The van der Waals surface area contributed by atoms with Crippen molar-refractivity contribution >= 4 is 45.2 Å². The zero-order chi connectivity index (χ0) is 24.8. The summed E-state index contributed by atoms with van der Waals surface area (Å²) in [4.78, 5) is 17.4. The molecule has 2 aliphatic rings. The van der Waals surface area contributed by atoms with Gasteiger partial charge >= 0.3 is 0 Å². The molecule has 2 aromatic rings. The van der Waals surface area contributed by atoms with Crippen molar-refractivity contribution in [1.29, 1.82) is 0 Å². The summed E-state index contributed by atoms with van der Waals surface area (Å²) in [6, 6.07) is 15.2. The van der Waals surface area contributed by atoms with Crippen LogP contribution in [-0.4, -0.2) is 74.2 Å². The highest BCUT2D eigenvalue weighted by atomic mass is 35.5. The van der Waals surface area contributed by atoms with Gasteiger partial charge in [0.05, 0.1) is 11.7 Å². The molecular weight excluding hydrogens is 505 g/mol. The van der Waals surface area contributed by atoms with Gasteiger partial charge < -0.3 is 4.90 Å². The van der Waals surface area contributed by atoms with Crippen LogP contribution in [-0.2, 0) is 20.6 Å². The van der Waals surface area contributed by atoms with Gasteiger partial charge in [-0.2, -0.15) is 0 Å². The molecule has 1 atom stereocenters. The zero-order valence-corrected chi connectivity index (χ0v) is 22.0. The van der Waals surface area contributed by atoms with Crippen molar-refractivity contribution in [2.45, 2.75) is 18.6 Å². The molecule has 2 aliphatic heterocycles. The van der Waals surface area contributed by atoms with Crippen molar-refractivity contribution in [1.82, 2.24) is 14.1 Å². The number of halogens is 2. The molecule has 0 saturated carbocycles. The average molecular weight is 537 g/mol. The minimum atomic E-state index is -3.64. The van der Waals surface area contributed by atoms with E-state index < -0.39 is 10.0 Å². The highest BCUT2D eigenvalue weighted by molar-refractivity contribution is 7.88. The van der Waals surface area contributed by atoms with Gasteiger partial charge in [0.1, 0.15) is 0 Å². The fraction of sp³-hybridized carbons (Fsp3) is 0.423. The molecule has 0 aromatic heterocycles. The van der Waals surface area contributed by atoms with E-state index >= 15 is 0 Å². The fourth-order valence-corrected chi connectivity index (χ4v) is 7.01. The van der Waals surface area contributed by atoms with E-state index in [1.54, 1.807) is 18.2 Å². The first-order chi connectivity index (χ1) is 16.8. The Kier molecular flexibility index (Phi) is 8.89. The van der Waals surface area contributed by atoms with Crippen LogP contribution in [0.25, 0.3) is 6.08 Å². The van der Waals surface area contributed by atoms with Gasteiger partial charge in [0.25, 0.3) is 0 Å². The minimum absolute atomic E-state index is 0.0557. The third-order valence-electron chi connectivity index (χ3n) is 6.67. The van der Waals surface area contributed by atoms with Crippen molar-refractivity contribution in [3.05, 3.63) is 75.8 Å². The Balaban J connectivity index is 1.29. The quantitative estimate of drug-likeness (QED) is 0.527. The number of hydrogen-bond acceptors (Lipinski definition) is 4. The smallest absolute Gasteiger partial charge is 0.227 e. The molecule has 35 heavy (non-hydrogen) atoms. The van der Waals surface area contributed by atoms with Crippen molar-refractivity contribution in [2.24, 2.45) is 5.92 Å². The first-order valence-corrected chi connectivity index (χ1v) is 14.3. The number of benzene rings is 2. The number of amides is 1. The van der Waals surface area contributed by atoms with Crippen LogP contribution in [0.3, 0.4) is 0 Å². The first kappa shape index (κ1) is 26.2. The molecule has 0 spiro atoms. The molecule has 2 aromatic carbocycles. The summed E-state index contributed by atoms with van der Waals surface area (Å²) in [5, 5.41) is 0.671. The van der Waals surface area contributed by atoms with Gasteiger partial charge in [-0.3, -0.25) is 9.69 Å². The normalized spacial score (nSPS) is 20.4. The van der Waals surface area contributed by atoms with Crippen molar-refractivity contribution < 1.29 is 13.2 Å². The maximum atomic E-state index is 13.2. The van der Waals surface area contributed by atoms with Crippen LogP contribution in [0.1, 0.15) is 24.0 Å². The van der Waals surface area contributed by atoms with E-state index in [2.05, 4.69) is 29.2 Å². The SMILES string of the molecule is O=C([C@H]1CCCN(S(=O)(=O)Cc2c(Cl)cccc2Cl)C1)N1CCN(C/C=C/c2ccccc2)CC1. The molecule has 0 aliphatic carbocycles. The maximum absolute atomic E-state index is 13.2. The van der Waals surface area contributed by atoms with E-state index in [1.807, 2.05) is 23.1 Å². The van der Waals surface area contributed by atoms with Gasteiger partial charge in [-0.1, -0.05) is 71.8 Å². The molecule has 0 bridgehead atoms. The van der Waals surface area contributed by atoms with Gasteiger partial charge in [-0.25, -0.2) is 12.7 Å². The molecule has 0 unspecified atom stereocenters. The van der Waals surface area contributed by atoms with Crippen LogP contribution in [0.5, 0.6) is 0 Å². The fourth-order valence-electron chi connectivity index (χ4n) is 4.65. The predicted molar refractivity (Wildman–Crippen MR) is 142 cm³/mol. The topological polar surface area (TPSA) is 60.9 Å². The van der Waals surface area contributed by atoms with E-state index in [4.69, 9.17) is 23.2 Å². The Labute approximate surface area is 218 Å². The number of nitrogens with zero attached hydrogens (tertiary/aromatic N) is 3. The van der Waals surface area contributed by atoms with Crippen molar-refractivity contribution in [3.63, 3.8) is 0 Å². The van der Waals surface area contributed by atoms with Crippen molar-refractivity contribution in [2.75, 3.05) is 45.8 Å². The van der Waals surface area contributed by atoms with Gasteiger partial charge in [0, 0.05) is 61.4 Å². The van der Waals surface area contributed by atoms with Gasteiger partial charge in [-0.05, 0) is 30.5 Å².